The van der Waals surface area contributed by atoms with Gasteiger partial charge in [0.25, 0.3) is 15.9 Å². The molecule has 0 spiro atoms. The SMILES string of the molecule is COc1ccc(-c2csc(NC(=O)c3ccc(S(=O)(=O)N(C)OC)cc3)n2)cc1. The van der Waals surface area contributed by atoms with Crippen molar-refractivity contribution in [3.05, 3.63) is 59.5 Å². The number of ether oxygens (including phenoxy) is 1. The Morgan fingerprint density at radius 2 is 1.72 bits per heavy atom. The fourth-order valence-electron chi connectivity index (χ4n) is 2.42. The fraction of sp³-hybridized carbons (Fsp3) is 0.158. The van der Waals surface area contributed by atoms with Crippen molar-refractivity contribution in [1.29, 1.82) is 0 Å². The molecule has 152 valence electrons. The number of hydrogen-bond donors (Lipinski definition) is 1. The first-order chi connectivity index (χ1) is 13.8. The van der Waals surface area contributed by atoms with Gasteiger partial charge in [-0.05, 0) is 48.5 Å². The number of carbonyl (C=O) groups excluding carboxylic acids is 1. The second-order valence-corrected chi connectivity index (χ2v) is 8.64. The van der Waals surface area contributed by atoms with Crippen molar-refractivity contribution < 1.29 is 22.8 Å². The van der Waals surface area contributed by atoms with Crippen LogP contribution in [0.25, 0.3) is 11.3 Å². The van der Waals surface area contributed by atoms with Crippen LogP contribution in [0.3, 0.4) is 0 Å². The Hall–Kier alpha value is -2.79. The second kappa shape index (κ2) is 8.70. The van der Waals surface area contributed by atoms with Gasteiger partial charge in [0.15, 0.2) is 5.13 Å². The number of anilines is 1. The van der Waals surface area contributed by atoms with Crippen molar-refractivity contribution in [1.82, 2.24) is 9.45 Å². The summed E-state index contributed by atoms with van der Waals surface area (Å²) in [5.41, 5.74) is 1.95. The number of rotatable bonds is 7. The lowest BCUT2D eigenvalue weighted by atomic mass is 10.2. The van der Waals surface area contributed by atoms with E-state index in [0.717, 1.165) is 21.5 Å². The molecule has 1 aromatic heterocycles. The molecule has 1 amide bonds. The van der Waals surface area contributed by atoms with E-state index in [1.165, 1.54) is 49.8 Å². The molecule has 0 aliphatic carbocycles. The number of thiazole rings is 1. The lowest BCUT2D eigenvalue weighted by Gasteiger charge is -2.14. The van der Waals surface area contributed by atoms with Crippen LogP contribution in [0.5, 0.6) is 5.75 Å². The van der Waals surface area contributed by atoms with Gasteiger partial charge in [0.1, 0.15) is 5.75 Å². The van der Waals surface area contributed by atoms with Crippen LogP contribution in [0.1, 0.15) is 10.4 Å². The van der Waals surface area contributed by atoms with Gasteiger partial charge in [-0.2, -0.15) is 0 Å². The van der Waals surface area contributed by atoms with Crippen molar-refractivity contribution in [2.75, 3.05) is 26.6 Å². The van der Waals surface area contributed by atoms with E-state index < -0.39 is 10.0 Å². The highest BCUT2D eigenvalue weighted by molar-refractivity contribution is 7.89. The van der Waals surface area contributed by atoms with E-state index in [-0.39, 0.29) is 10.8 Å². The number of sulfonamides is 1. The first-order valence-corrected chi connectivity index (χ1v) is 10.7. The molecule has 0 aliphatic heterocycles. The summed E-state index contributed by atoms with van der Waals surface area (Å²) in [5.74, 6) is 0.365. The summed E-state index contributed by atoms with van der Waals surface area (Å²) in [4.78, 5) is 21.6. The minimum absolute atomic E-state index is 0.0226. The number of methoxy groups -OCH3 is 1. The van der Waals surface area contributed by atoms with Crippen LogP contribution in [-0.2, 0) is 14.9 Å². The lowest BCUT2D eigenvalue weighted by molar-refractivity contribution is -0.0258. The Labute approximate surface area is 172 Å². The zero-order valence-corrected chi connectivity index (χ0v) is 17.6. The van der Waals surface area contributed by atoms with E-state index >= 15 is 0 Å². The standard InChI is InChI=1S/C19H19N3O5S2/c1-22(27-3)29(24,25)16-10-6-14(7-11-16)18(23)21-19-20-17(12-28-19)13-4-8-15(26-2)9-5-13/h4-12H,1-3H3,(H,20,21,23). The van der Waals surface area contributed by atoms with Gasteiger partial charge >= 0.3 is 0 Å². The molecule has 0 atom stereocenters. The van der Waals surface area contributed by atoms with Gasteiger partial charge in [0, 0.05) is 23.6 Å². The van der Waals surface area contributed by atoms with Crippen molar-refractivity contribution in [2.45, 2.75) is 4.90 Å². The maximum Gasteiger partial charge on any atom is 0.264 e. The molecule has 8 nitrogen and oxygen atoms in total. The van der Waals surface area contributed by atoms with E-state index in [1.807, 2.05) is 29.6 Å². The summed E-state index contributed by atoms with van der Waals surface area (Å²) < 4.78 is 30.3. The molecule has 0 saturated carbocycles. The van der Waals surface area contributed by atoms with Crippen LogP contribution in [0.2, 0.25) is 0 Å². The van der Waals surface area contributed by atoms with Gasteiger partial charge in [-0.25, -0.2) is 13.4 Å². The van der Waals surface area contributed by atoms with Crippen LogP contribution in [0.4, 0.5) is 5.13 Å². The minimum atomic E-state index is -3.76. The van der Waals surface area contributed by atoms with Crippen molar-refractivity contribution in [2.24, 2.45) is 0 Å². The Bertz CT molecular complexity index is 1090. The quantitative estimate of drug-likeness (QED) is 0.575. The molecule has 2 aromatic carbocycles. The molecule has 0 bridgehead atoms. The molecule has 0 fully saturated rings. The number of nitrogens with zero attached hydrogens (tertiary/aromatic N) is 2. The molecular formula is C19H19N3O5S2. The molecule has 3 aromatic rings. The van der Waals surface area contributed by atoms with Crippen LogP contribution in [-0.4, -0.2) is 45.0 Å². The van der Waals surface area contributed by atoms with Crippen molar-refractivity contribution in [3.8, 4) is 17.0 Å². The summed E-state index contributed by atoms with van der Waals surface area (Å²) in [6.45, 7) is 0. The van der Waals surface area contributed by atoms with E-state index in [2.05, 4.69) is 10.3 Å². The highest BCUT2D eigenvalue weighted by Crippen LogP contribution is 2.27. The molecule has 1 heterocycles. The first kappa shape index (κ1) is 20.9. The molecule has 3 rings (SSSR count). The average molecular weight is 434 g/mol. The summed E-state index contributed by atoms with van der Waals surface area (Å²) in [6, 6.07) is 13.0. The normalized spacial score (nSPS) is 11.4. The molecule has 10 heteroatoms. The van der Waals surface area contributed by atoms with Crippen LogP contribution in [0, 0.1) is 0 Å². The van der Waals surface area contributed by atoms with Crippen molar-refractivity contribution >= 4 is 32.4 Å². The number of aromatic nitrogens is 1. The largest absolute Gasteiger partial charge is 0.497 e. The smallest absolute Gasteiger partial charge is 0.264 e. The monoisotopic (exact) mass is 433 g/mol. The Kier molecular flexibility index (Phi) is 6.28. The predicted octanol–water partition coefficient (Wildman–Crippen LogP) is 3.25. The number of amides is 1. The van der Waals surface area contributed by atoms with E-state index in [4.69, 9.17) is 9.57 Å². The number of benzene rings is 2. The number of nitrogens with one attached hydrogen (secondary N) is 1. The van der Waals surface area contributed by atoms with Gasteiger partial charge in [-0.15, -0.1) is 11.3 Å². The fourth-order valence-corrected chi connectivity index (χ4v) is 4.11. The van der Waals surface area contributed by atoms with Crippen LogP contribution >= 0.6 is 11.3 Å². The first-order valence-electron chi connectivity index (χ1n) is 8.39. The second-order valence-electron chi connectivity index (χ2n) is 5.84. The number of hydroxylamine groups is 1. The van der Waals surface area contributed by atoms with Gasteiger partial charge in [0.05, 0.1) is 24.8 Å². The third-order valence-electron chi connectivity index (χ3n) is 4.12. The van der Waals surface area contributed by atoms with Crippen LogP contribution < -0.4 is 10.1 Å². The van der Waals surface area contributed by atoms with Crippen molar-refractivity contribution in [3.63, 3.8) is 0 Å². The zero-order valence-electron chi connectivity index (χ0n) is 15.9. The average Bonchev–Trinajstić information content (AvgIpc) is 3.21. The summed E-state index contributed by atoms with van der Waals surface area (Å²) in [7, 11) is 0.386. The zero-order chi connectivity index (χ0) is 21.0. The molecule has 0 aliphatic rings. The Morgan fingerprint density at radius 3 is 2.31 bits per heavy atom. The maximum absolute atomic E-state index is 12.4. The number of carbonyl (C=O) groups is 1. The van der Waals surface area contributed by atoms with Gasteiger partial charge < -0.3 is 4.74 Å². The van der Waals surface area contributed by atoms with Gasteiger partial charge in [-0.1, -0.05) is 4.47 Å². The number of hydrogen-bond acceptors (Lipinski definition) is 7. The molecule has 1 N–H and O–H groups in total. The Morgan fingerprint density at radius 1 is 1.07 bits per heavy atom. The summed E-state index contributed by atoms with van der Waals surface area (Å²) in [6.07, 6.45) is 0. The van der Waals surface area contributed by atoms with E-state index in [9.17, 15) is 13.2 Å². The highest BCUT2D eigenvalue weighted by atomic mass is 32.2. The third-order valence-corrected chi connectivity index (χ3v) is 6.57. The topological polar surface area (TPSA) is 97.8 Å². The molecule has 0 unspecified atom stereocenters. The highest BCUT2D eigenvalue weighted by Gasteiger charge is 2.21. The summed E-state index contributed by atoms with van der Waals surface area (Å²) >= 11 is 1.30. The maximum atomic E-state index is 12.4. The summed E-state index contributed by atoms with van der Waals surface area (Å²) in [5, 5.41) is 5.00. The van der Waals surface area contributed by atoms with Crippen LogP contribution in [0.15, 0.2) is 58.8 Å². The minimum Gasteiger partial charge on any atom is -0.497 e. The van der Waals surface area contributed by atoms with E-state index in [1.54, 1.807) is 7.11 Å². The molecule has 0 saturated heterocycles. The third kappa shape index (κ3) is 4.62. The Balaban J connectivity index is 1.71. The molecular weight excluding hydrogens is 414 g/mol. The van der Waals surface area contributed by atoms with E-state index in [0.29, 0.717) is 10.7 Å². The molecule has 0 radical (unpaired) electrons. The predicted molar refractivity (Wildman–Crippen MR) is 110 cm³/mol. The van der Waals surface area contributed by atoms with Gasteiger partial charge in [0.2, 0.25) is 0 Å². The lowest BCUT2D eigenvalue weighted by Crippen LogP contribution is -2.25. The molecule has 29 heavy (non-hydrogen) atoms. The van der Waals surface area contributed by atoms with Gasteiger partial charge in [-0.3, -0.25) is 14.9 Å².